The minimum absolute atomic E-state index is 0.609. The zero-order valence-corrected chi connectivity index (χ0v) is 11.5. The first-order valence-corrected chi connectivity index (χ1v) is 6.37. The molecule has 1 aromatic carbocycles. The van der Waals surface area contributed by atoms with Gasteiger partial charge in [-0.15, -0.1) is 11.3 Å². The van der Waals surface area contributed by atoms with Crippen molar-refractivity contribution in [3.63, 3.8) is 0 Å². The van der Waals surface area contributed by atoms with E-state index in [1.807, 2.05) is 25.1 Å². The van der Waals surface area contributed by atoms with Gasteiger partial charge in [-0.1, -0.05) is 0 Å². The Morgan fingerprint density at radius 3 is 2.22 bits per heavy atom. The van der Waals surface area contributed by atoms with Crippen LogP contribution in [0.4, 0.5) is 5.13 Å². The molecule has 0 fully saturated rings. The number of nitrogen functional groups attached to an aromatic ring is 1. The third-order valence-corrected chi connectivity index (χ3v) is 3.53. The largest absolute Gasteiger partial charge is 0.497 e. The van der Waals surface area contributed by atoms with E-state index in [0.717, 1.165) is 34.1 Å². The molecule has 0 saturated heterocycles. The van der Waals surface area contributed by atoms with Crippen LogP contribution >= 0.6 is 11.3 Å². The molecule has 4 nitrogen and oxygen atoms in total. The van der Waals surface area contributed by atoms with Crippen molar-refractivity contribution in [1.29, 1.82) is 0 Å². The van der Waals surface area contributed by atoms with Gasteiger partial charge in [-0.05, 0) is 24.6 Å². The lowest BCUT2D eigenvalue weighted by atomic mass is 10.1. The van der Waals surface area contributed by atoms with Gasteiger partial charge in [0.05, 0.1) is 19.9 Å². The molecule has 1 aromatic heterocycles. The van der Waals surface area contributed by atoms with E-state index < -0.39 is 0 Å². The van der Waals surface area contributed by atoms with Crippen LogP contribution in [0.1, 0.15) is 16.1 Å². The second-order valence-corrected chi connectivity index (χ2v) is 5.19. The molecule has 0 unspecified atom stereocenters. The molecule has 0 saturated carbocycles. The van der Waals surface area contributed by atoms with Gasteiger partial charge in [-0.25, -0.2) is 4.98 Å². The Balaban J connectivity index is 2.30. The molecule has 5 heteroatoms. The second-order valence-electron chi connectivity index (χ2n) is 3.95. The average molecular weight is 264 g/mol. The van der Waals surface area contributed by atoms with E-state index in [0.29, 0.717) is 5.13 Å². The highest BCUT2D eigenvalue weighted by Gasteiger charge is 2.08. The second kappa shape index (κ2) is 5.27. The van der Waals surface area contributed by atoms with Crippen molar-refractivity contribution in [3.05, 3.63) is 34.3 Å². The molecular formula is C13H16N2O2S. The fourth-order valence-corrected chi connectivity index (χ4v) is 2.48. The van der Waals surface area contributed by atoms with Gasteiger partial charge in [0.15, 0.2) is 5.13 Å². The number of nitrogens with zero attached hydrogens (tertiary/aromatic N) is 1. The Bertz CT molecular complexity index is 530. The van der Waals surface area contributed by atoms with Gasteiger partial charge in [0.2, 0.25) is 0 Å². The van der Waals surface area contributed by atoms with Crippen LogP contribution in [-0.2, 0) is 6.42 Å². The van der Waals surface area contributed by atoms with Crippen molar-refractivity contribution in [3.8, 4) is 11.5 Å². The van der Waals surface area contributed by atoms with Crippen LogP contribution in [0.25, 0.3) is 0 Å². The van der Waals surface area contributed by atoms with Crippen molar-refractivity contribution in [1.82, 2.24) is 4.98 Å². The van der Waals surface area contributed by atoms with Gasteiger partial charge in [-0.3, -0.25) is 0 Å². The normalized spacial score (nSPS) is 10.4. The number of thiazole rings is 1. The third-order valence-electron chi connectivity index (χ3n) is 2.69. The van der Waals surface area contributed by atoms with Crippen molar-refractivity contribution in [2.45, 2.75) is 13.3 Å². The number of hydrogen-bond donors (Lipinski definition) is 1. The maximum absolute atomic E-state index is 5.70. The predicted octanol–water partition coefficient (Wildman–Crippen LogP) is 2.64. The monoisotopic (exact) mass is 264 g/mol. The van der Waals surface area contributed by atoms with Crippen LogP contribution in [0.3, 0.4) is 0 Å². The first-order valence-electron chi connectivity index (χ1n) is 5.56. The lowest BCUT2D eigenvalue weighted by Gasteiger charge is -2.07. The van der Waals surface area contributed by atoms with Crippen LogP contribution in [0, 0.1) is 6.92 Å². The Labute approximate surface area is 110 Å². The first-order chi connectivity index (χ1) is 8.62. The lowest BCUT2D eigenvalue weighted by Crippen LogP contribution is -1.95. The van der Waals surface area contributed by atoms with Gasteiger partial charge < -0.3 is 15.2 Å². The smallest absolute Gasteiger partial charge is 0.180 e. The summed E-state index contributed by atoms with van der Waals surface area (Å²) in [6, 6.07) is 5.82. The summed E-state index contributed by atoms with van der Waals surface area (Å²) in [6.07, 6.45) is 0.729. The van der Waals surface area contributed by atoms with Crippen LogP contribution in [0.15, 0.2) is 18.2 Å². The molecule has 0 spiro atoms. The SMILES string of the molecule is COc1cc(Cc2nc(N)sc2C)cc(OC)c1. The van der Waals surface area contributed by atoms with E-state index in [1.54, 1.807) is 14.2 Å². The van der Waals surface area contributed by atoms with Gasteiger partial charge in [0.25, 0.3) is 0 Å². The van der Waals surface area contributed by atoms with E-state index in [9.17, 15) is 0 Å². The highest BCUT2D eigenvalue weighted by molar-refractivity contribution is 7.15. The maximum Gasteiger partial charge on any atom is 0.180 e. The van der Waals surface area contributed by atoms with Gasteiger partial charge in [0, 0.05) is 17.4 Å². The van der Waals surface area contributed by atoms with Crippen molar-refractivity contribution in [2.24, 2.45) is 0 Å². The molecule has 2 N–H and O–H groups in total. The summed E-state index contributed by atoms with van der Waals surface area (Å²) >= 11 is 1.51. The zero-order chi connectivity index (χ0) is 13.1. The molecule has 0 aliphatic rings. The molecule has 2 aromatic rings. The lowest BCUT2D eigenvalue weighted by molar-refractivity contribution is 0.393. The third kappa shape index (κ3) is 2.73. The van der Waals surface area contributed by atoms with E-state index in [4.69, 9.17) is 15.2 Å². The Morgan fingerprint density at radius 2 is 1.78 bits per heavy atom. The Kier molecular flexibility index (Phi) is 3.72. The summed E-state index contributed by atoms with van der Waals surface area (Å²) in [5.41, 5.74) is 7.81. The number of rotatable bonds is 4. The topological polar surface area (TPSA) is 57.4 Å². The van der Waals surface area contributed by atoms with Crippen molar-refractivity contribution >= 4 is 16.5 Å². The summed E-state index contributed by atoms with van der Waals surface area (Å²) in [6.45, 7) is 2.03. The minimum atomic E-state index is 0.609. The highest BCUT2D eigenvalue weighted by Crippen LogP contribution is 2.26. The average Bonchev–Trinajstić information content (AvgIpc) is 2.67. The predicted molar refractivity (Wildman–Crippen MR) is 73.6 cm³/mol. The van der Waals surface area contributed by atoms with E-state index in [2.05, 4.69) is 4.98 Å². The number of methoxy groups -OCH3 is 2. The molecule has 0 atom stereocenters. The molecule has 1 heterocycles. The fourth-order valence-electron chi connectivity index (χ4n) is 1.78. The minimum Gasteiger partial charge on any atom is -0.497 e. The quantitative estimate of drug-likeness (QED) is 0.922. The van der Waals surface area contributed by atoms with E-state index in [1.165, 1.54) is 11.3 Å². The number of anilines is 1. The van der Waals surface area contributed by atoms with Gasteiger partial charge >= 0.3 is 0 Å². The van der Waals surface area contributed by atoms with E-state index in [-0.39, 0.29) is 0 Å². The standard InChI is InChI=1S/C13H16N2O2S/c1-8-12(15-13(14)18-8)6-9-4-10(16-2)7-11(5-9)17-3/h4-5,7H,6H2,1-3H3,(H2,14,15). The van der Waals surface area contributed by atoms with Crippen LogP contribution in [0.5, 0.6) is 11.5 Å². The van der Waals surface area contributed by atoms with Crippen LogP contribution in [0.2, 0.25) is 0 Å². The molecule has 0 amide bonds. The van der Waals surface area contributed by atoms with E-state index >= 15 is 0 Å². The number of ether oxygens (including phenoxy) is 2. The molecule has 2 rings (SSSR count). The number of aromatic nitrogens is 1. The van der Waals surface area contributed by atoms with Gasteiger partial charge in [0.1, 0.15) is 11.5 Å². The first kappa shape index (κ1) is 12.7. The van der Waals surface area contributed by atoms with Gasteiger partial charge in [-0.2, -0.15) is 0 Å². The molecule has 0 bridgehead atoms. The zero-order valence-electron chi connectivity index (χ0n) is 10.7. The molecule has 0 aliphatic carbocycles. The summed E-state index contributed by atoms with van der Waals surface area (Å²) < 4.78 is 10.5. The van der Waals surface area contributed by atoms with Crippen molar-refractivity contribution in [2.75, 3.05) is 20.0 Å². The summed E-state index contributed by atoms with van der Waals surface area (Å²) in [5.74, 6) is 1.57. The number of nitrogens with two attached hydrogens (primary N) is 1. The number of benzene rings is 1. The molecular weight excluding hydrogens is 248 g/mol. The summed E-state index contributed by atoms with van der Waals surface area (Å²) in [4.78, 5) is 5.48. The molecule has 0 radical (unpaired) electrons. The molecule has 96 valence electrons. The number of aryl methyl sites for hydroxylation is 1. The van der Waals surface area contributed by atoms with Crippen molar-refractivity contribution < 1.29 is 9.47 Å². The molecule has 18 heavy (non-hydrogen) atoms. The number of hydrogen-bond acceptors (Lipinski definition) is 5. The summed E-state index contributed by atoms with van der Waals surface area (Å²) in [5, 5.41) is 0.609. The Morgan fingerprint density at radius 1 is 1.17 bits per heavy atom. The Hall–Kier alpha value is -1.75. The van der Waals surface area contributed by atoms with Crippen LogP contribution < -0.4 is 15.2 Å². The molecule has 0 aliphatic heterocycles. The fraction of sp³-hybridized carbons (Fsp3) is 0.308. The van der Waals surface area contributed by atoms with Crippen LogP contribution in [-0.4, -0.2) is 19.2 Å². The summed E-state index contributed by atoms with van der Waals surface area (Å²) in [7, 11) is 3.29. The maximum atomic E-state index is 5.70. The highest BCUT2D eigenvalue weighted by atomic mass is 32.1.